The highest BCUT2D eigenvalue weighted by Crippen LogP contribution is 2.14. The van der Waals surface area contributed by atoms with Crippen LogP contribution in [0.5, 0.6) is 0 Å². The van der Waals surface area contributed by atoms with E-state index in [1.807, 2.05) is 13.0 Å². The minimum atomic E-state index is -3.37. The van der Waals surface area contributed by atoms with Crippen LogP contribution in [0.15, 0.2) is 29.2 Å². The minimum absolute atomic E-state index is 0.371. The number of nitrogens with one attached hydrogen (secondary N) is 2. The van der Waals surface area contributed by atoms with Gasteiger partial charge in [0.15, 0.2) is 0 Å². The van der Waals surface area contributed by atoms with E-state index < -0.39 is 10.0 Å². The van der Waals surface area contributed by atoms with Gasteiger partial charge in [0.2, 0.25) is 10.0 Å². The molecule has 0 spiro atoms. The highest BCUT2D eigenvalue weighted by molar-refractivity contribution is 7.89. The van der Waals surface area contributed by atoms with E-state index in [4.69, 9.17) is 0 Å². The summed E-state index contributed by atoms with van der Waals surface area (Å²) in [5.74, 6) is 0.401. The predicted octanol–water partition coefficient (Wildman–Crippen LogP) is 1.53. The third-order valence-corrected chi connectivity index (χ3v) is 5.00. The molecule has 0 aromatic heterocycles. The van der Waals surface area contributed by atoms with Crippen LogP contribution in [0.4, 0.5) is 0 Å². The molecule has 1 fully saturated rings. The van der Waals surface area contributed by atoms with Crippen molar-refractivity contribution < 1.29 is 8.42 Å². The Morgan fingerprint density at radius 3 is 2.95 bits per heavy atom. The zero-order valence-corrected chi connectivity index (χ0v) is 12.2. The molecule has 1 aliphatic heterocycles. The number of rotatable bonds is 5. The first-order valence-corrected chi connectivity index (χ1v) is 8.39. The number of piperidine rings is 1. The van der Waals surface area contributed by atoms with Gasteiger partial charge in [-0.05, 0) is 56.0 Å². The van der Waals surface area contributed by atoms with Crippen LogP contribution in [-0.4, -0.2) is 28.1 Å². The lowest BCUT2D eigenvalue weighted by molar-refractivity contribution is 0.376. The SMILES string of the molecule is CCc1cccc(S(=O)(=O)NCC2CCCNC2)c1. The molecule has 0 radical (unpaired) electrons. The van der Waals surface area contributed by atoms with Crippen LogP contribution < -0.4 is 10.0 Å². The Morgan fingerprint density at radius 1 is 1.42 bits per heavy atom. The van der Waals surface area contributed by atoms with E-state index in [0.29, 0.717) is 17.4 Å². The van der Waals surface area contributed by atoms with E-state index >= 15 is 0 Å². The Hall–Kier alpha value is -0.910. The van der Waals surface area contributed by atoms with Gasteiger partial charge in [-0.1, -0.05) is 19.1 Å². The number of sulfonamides is 1. The maximum atomic E-state index is 12.2. The lowest BCUT2D eigenvalue weighted by Gasteiger charge is -2.22. The Kier molecular flexibility index (Phi) is 4.96. The van der Waals surface area contributed by atoms with Gasteiger partial charge in [0, 0.05) is 6.54 Å². The van der Waals surface area contributed by atoms with E-state index in [-0.39, 0.29) is 0 Å². The van der Waals surface area contributed by atoms with Crippen molar-refractivity contribution in [2.75, 3.05) is 19.6 Å². The van der Waals surface area contributed by atoms with Gasteiger partial charge in [-0.2, -0.15) is 0 Å². The van der Waals surface area contributed by atoms with E-state index in [1.54, 1.807) is 18.2 Å². The molecule has 0 saturated carbocycles. The van der Waals surface area contributed by atoms with Gasteiger partial charge in [0.1, 0.15) is 0 Å². The molecule has 1 unspecified atom stereocenters. The van der Waals surface area contributed by atoms with Gasteiger partial charge in [0.05, 0.1) is 4.90 Å². The highest BCUT2D eigenvalue weighted by Gasteiger charge is 2.18. The average molecular weight is 282 g/mol. The van der Waals surface area contributed by atoms with E-state index in [0.717, 1.165) is 37.9 Å². The summed E-state index contributed by atoms with van der Waals surface area (Å²) in [6, 6.07) is 7.15. The van der Waals surface area contributed by atoms with Crippen LogP contribution in [0, 0.1) is 5.92 Å². The molecule has 0 amide bonds. The molecule has 106 valence electrons. The Morgan fingerprint density at radius 2 is 2.26 bits per heavy atom. The van der Waals surface area contributed by atoms with Crippen molar-refractivity contribution >= 4 is 10.0 Å². The second-order valence-electron chi connectivity index (χ2n) is 5.07. The van der Waals surface area contributed by atoms with Crippen LogP contribution in [0.1, 0.15) is 25.3 Å². The van der Waals surface area contributed by atoms with E-state index in [2.05, 4.69) is 10.0 Å². The third kappa shape index (κ3) is 4.03. The molecular weight excluding hydrogens is 260 g/mol. The monoisotopic (exact) mass is 282 g/mol. The predicted molar refractivity (Wildman–Crippen MR) is 76.6 cm³/mol. The van der Waals surface area contributed by atoms with Crippen molar-refractivity contribution in [1.29, 1.82) is 0 Å². The molecule has 1 aromatic rings. The van der Waals surface area contributed by atoms with Crippen molar-refractivity contribution in [3.63, 3.8) is 0 Å². The molecule has 1 atom stereocenters. The lowest BCUT2D eigenvalue weighted by Crippen LogP contribution is -2.38. The number of hydrogen-bond acceptors (Lipinski definition) is 3. The molecule has 19 heavy (non-hydrogen) atoms. The summed E-state index contributed by atoms with van der Waals surface area (Å²) in [7, 11) is -3.37. The van der Waals surface area contributed by atoms with Crippen molar-refractivity contribution in [2.24, 2.45) is 5.92 Å². The normalized spacial score (nSPS) is 20.4. The second-order valence-corrected chi connectivity index (χ2v) is 6.83. The quantitative estimate of drug-likeness (QED) is 0.861. The number of aryl methyl sites for hydroxylation is 1. The Labute approximate surface area is 115 Å². The molecule has 4 nitrogen and oxygen atoms in total. The largest absolute Gasteiger partial charge is 0.316 e. The molecule has 1 saturated heterocycles. The Bertz CT molecular complexity index is 508. The third-order valence-electron chi connectivity index (χ3n) is 3.58. The summed E-state index contributed by atoms with van der Waals surface area (Å²) in [6.07, 6.45) is 3.05. The van der Waals surface area contributed by atoms with Gasteiger partial charge < -0.3 is 5.32 Å². The topological polar surface area (TPSA) is 58.2 Å². The molecule has 0 bridgehead atoms. The summed E-state index contributed by atoms with van der Waals surface area (Å²) >= 11 is 0. The van der Waals surface area contributed by atoms with Gasteiger partial charge in [-0.15, -0.1) is 0 Å². The smallest absolute Gasteiger partial charge is 0.240 e. The standard InChI is InChI=1S/C14H22N2O2S/c1-2-12-5-3-7-14(9-12)19(17,18)16-11-13-6-4-8-15-10-13/h3,5,7,9,13,15-16H,2,4,6,8,10-11H2,1H3. The van der Waals surface area contributed by atoms with Gasteiger partial charge in [0.25, 0.3) is 0 Å². The summed E-state index contributed by atoms with van der Waals surface area (Å²) in [5, 5.41) is 3.29. The zero-order chi connectivity index (χ0) is 13.7. The van der Waals surface area contributed by atoms with Crippen LogP contribution in [-0.2, 0) is 16.4 Å². The Balaban J connectivity index is 2.00. The molecule has 2 rings (SSSR count). The van der Waals surface area contributed by atoms with Crippen molar-refractivity contribution in [3.8, 4) is 0 Å². The van der Waals surface area contributed by atoms with Crippen LogP contribution in [0.2, 0.25) is 0 Å². The first-order valence-electron chi connectivity index (χ1n) is 6.91. The fourth-order valence-corrected chi connectivity index (χ4v) is 3.53. The number of hydrogen-bond donors (Lipinski definition) is 2. The maximum Gasteiger partial charge on any atom is 0.240 e. The van der Waals surface area contributed by atoms with E-state index in [1.165, 1.54) is 0 Å². The maximum absolute atomic E-state index is 12.2. The molecule has 1 aliphatic rings. The zero-order valence-electron chi connectivity index (χ0n) is 11.4. The summed E-state index contributed by atoms with van der Waals surface area (Å²) in [5.41, 5.74) is 1.04. The van der Waals surface area contributed by atoms with E-state index in [9.17, 15) is 8.42 Å². The van der Waals surface area contributed by atoms with Crippen molar-refractivity contribution in [3.05, 3.63) is 29.8 Å². The second kappa shape index (κ2) is 6.50. The lowest BCUT2D eigenvalue weighted by atomic mass is 10.0. The molecule has 0 aliphatic carbocycles. The summed E-state index contributed by atoms with van der Waals surface area (Å²) in [6.45, 7) is 4.48. The number of benzene rings is 1. The average Bonchev–Trinajstić information content (AvgIpc) is 2.46. The van der Waals surface area contributed by atoms with Crippen LogP contribution in [0.25, 0.3) is 0 Å². The highest BCUT2D eigenvalue weighted by atomic mass is 32.2. The first-order chi connectivity index (χ1) is 9.12. The fraction of sp³-hybridized carbons (Fsp3) is 0.571. The molecule has 5 heteroatoms. The minimum Gasteiger partial charge on any atom is -0.316 e. The summed E-state index contributed by atoms with van der Waals surface area (Å²) in [4.78, 5) is 0.371. The van der Waals surface area contributed by atoms with Gasteiger partial charge in [-0.25, -0.2) is 13.1 Å². The van der Waals surface area contributed by atoms with Crippen LogP contribution in [0.3, 0.4) is 0 Å². The van der Waals surface area contributed by atoms with Gasteiger partial charge in [-0.3, -0.25) is 0 Å². The first kappa shape index (κ1) is 14.5. The molecule has 1 aromatic carbocycles. The summed E-state index contributed by atoms with van der Waals surface area (Å²) < 4.78 is 27.2. The molecular formula is C14H22N2O2S. The molecule has 1 heterocycles. The fourth-order valence-electron chi connectivity index (χ4n) is 2.34. The van der Waals surface area contributed by atoms with Crippen molar-refractivity contribution in [1.82, 2.24) is 10.0 Å². The van der Waals surface area contributed by atoms with Crippen LogP contribution >= 0.6 is 0 Å². The van der Waals surface area contributed by atoms with Crippen molar-refractivity contribution in [2.45, 2.75) is 31.1 Å². The van der Waals surface area contributed by atoms with Gasteiger partial charge >= 0.3 is 0 Å². The molecule has 2 N–H and O–H groups in total.